The molecular weight excluding hydrogens is 194 g/mol. The summed E-state index contributed by atoms with van der Waals surface area (Å²) in [4.78, 5) is 4.72. The summed E-state index contributed by atoms with van der Waals surface area (Å²) in [6, 6.07) is 6.82. The summed E-state index contributed by atoms with van der Waals surface area (Å²) in [5.41, 5.74) is 5.31. The number of nitrogens with zero attached hydrogens (tertiary/aromatic N) is 1. The Balaban J connectivity index is 2.38. The van der Waals surface area contributed by atoms with Gasteiger partial charge < -0.3 is 0 Å². The van der Waals surface area contributed by atoms with E-state index in [-0.39, 0.29) is 0 Å². The summed E-state index contributed by atoms with van der Waals surface area (Å²) in [5.74, 6) is 1.24. The van der Waals surface area contributed by atoms with Crippen molar-refractivity contribution in [2.24, 2.45) is 10.9 Å². The van der Waals surface area contributed by atoms with E-state index < -0.39 is 0 Å². The molecule has 1 aromatic rings. The monoisotopic (exact) mass is 215 g/mol. The van der Waals surface area contributed by atoms with Crippen LogP contribution < -0.4 is 0 Å². The average molecular weight is 215 g/mol. The Hall–Kier alpha value is -1.11. The van der Waals surface area contributed by atoms with Crippen LogP contribution in [0.25, 0.3) is 0 Å². The quantitative estimate of drug-likeness (QED) is 0.689. The lowest BCUT2D eigenvalue weighted by Gasteiger charge is -2.21. The molecule has 1 aliphatic rings. The van der Waals surface area contributed by atoms with E-state index in [0.29, 0.717) is 11.8 Å². The summed E-state index contributed by atoms with van der Waals surface area (Å²) in [6.45, 7) is 8.92. The van der Waals surface area contributed by atoms with Crippen molar-refractivity contribution in [3.05, 3.63) is 29.3 Å². The largest absolute Gasteiger partial charge is 0.258 e. The highest BCUT2D eigenvalue weighted by molar-refractivity contribution is 5.89. The molecule has 1 aliphatic heterocycles. The zero-order chi connectivity index (χ0) is 11.7. The zero-order valence-electron chi connectivity index (χ0n) is 10.7. The topological polar surface area (TPSA) is 12.4 Å². The standard InChI is InChI=1S/C15H21N/c1-5-10(2)13-6-7-14-8-11(3)12(4)16-15(14)9-13/h6-7,9-11H,5,8H2,1-4H3. The third kappa shape index (κ3) is 2.04. The summed E-state index contributed by atoms with van der Waals surface area (Å²) in [7, 11) is 0. The van der Waals surface area contributed by atoms with E-state index in [1.165, 1.54) is 28.9 Å². The molecule has 0 bridgehead atoms. The smallest absolute Gasteiger partial charge is 0.0664 e. The van der Waals surface area contributed by atoms with Crippen molar-refractivity contribution >= 4 is 11.4 Å². The summed E-state index contributed by atoms with van der Waals surface area (Å²) in [5, 5.41) is 0. The Labute approximate surface area is 98.6 Å². The van der Waals surface area contributed by atoms with Crippen molar-refractivity contribution in [1.82, 2.24) is 0 Å². The van der Waals surface area contributed by atoms with Gasteiger partial charge in [-0.3, -0.25) is 4.99 Å². The molecule has 0 aromatic heterocycles. The van der Waals surface area contributed by atoms with E-state index >= 15 is 0 Å². The third-order valence-electron chi connectivity index (χ3n) is 3.83. The highest BCUT2D eigenvalue weighted by Crippen LogP contribution is 2.32. The van der Waals surface area contributed by atoms with Crippen molar-refractivity contribution in [1.29, 1.82) is 0 Å². The minimum atomic E-state index is 0.599. The second kappa shape index (κ2) is 4.40. The van der Waals surface area contributed by atoms with Crippen LogP contribution in [0.2, 0.25) is 0 Å². The maximum atomic E-state index is 4.72. The van der Waals surface area contributed by atoms with E-state index in [1.54, 1.807) is 0 Å². The average Bonchev–Trinajstić information content (AvgIpc) is 2.29. The van der Waals surface area contributed by atoms with Gasteiger partial charge in [-0.15, -0.1) is 0 Å². The molecule has 1 heterocycles. The molecule has 16 heavy (non-hydrogen) atoms. The van der Waals surface area contributed by atoms with Crippen LogP contribution in [0.4, 0.5) is 5.69 Å². The van der Waals surface area contributed by atoms with Gasteiger partial charge in [0.05, 0.1) is 5.69 Å². The Bertz CT molecular complexity index is 417. The van der Waals surface area contributed by atoms with Gasteiger partial charge in [0.1, 0.15) is 0 Å². The first-order valence-electron chi connectivity index (χ1n) is 6.29. The molecule has 0 fully saturated rings. The molecule has 0 N–H and O–H groups in total. The number of fused-ring (bicyclic) bond motifs is 1. The highest BCUT2D eigenvalue weighted by Gasteiger charge is 2.17. The van der Waals surface area contributed by atoms with E-state index in [2.05, 4.69) is 45.9 Å². The number of aliphatic imine (C=N–C) groups is 1. The Morgan fingerprint density at radius 1 is 1.44 bits per heavy atom. The van der Waals surface area contributed by atoms with Gasteiger partial charge in [-0.2, -0.15) is 0 Å². The number of hydrogen-bond acceptors (Lipinski definition) is 1. The predicted octanol–water partition coefficient (Wildman–Crippen LogP) is 4.48. The van der Waals surface area contributed by atoms with E-state index in [1.807, 2.05) is 0 Å². The minimum absolute atomic E-state index is 0.599. The van der Waals surface area contributed by atoms with Gasteiger partial charge in [-0.1, -0.05) is 32.9 Å². The molecule has 0 radical (unpaired) electrons. The highest BCUT2D eigenvalue weighted by atomic mass is 14.8. The van der Waals surface area contributed by atoms with E-state index in [9.17, 15) is 0 Å². The Morgan fingerprint density at radius 2 is 2.19 bits per heavy atom. The fourth-order valence-corrected chi connectivity index (χ4v) is 2.18. The second-order valence-electron chi connectivity index (χ2n) is 5.06. The van der Waals surface area contributed by atoms with Crippen LogP contribution in [0.3, 0.4) is 0 Å². The third-order valence-corrected chi connectivity index (χ3v) is 3.83. The zero-order valence-corrected chi connectivity index (χ0v) is 10.7. The molecule has 0 aliphatic carbocycles. The van der Waals surface area contributed by atoms with Crippen LogP contribution in [0, 0.1) is 5.92 Å². The lowest BCUT2D eigenvalue weighted by Crippen LogP contribution is -2.14. The van der Waals surface area contributed by atoms with Crippen LogP contribution in [-0.4, -0.2) is 5.71 Å². The first-order valence-corrected chi connectivity index (χ1v) is 6.29. The summed E-state index contributed by atoms with van der Waals surface area (Å²) in [6.07, 6.45) is 2.34. The molecule has 2 unspecified atom stereocenters. The minimum Gasteiger partial charge on any atom is -0.258 e. The van der Waals surface area contributed by atoms with Crippen molar-refractivity contribution < 1.29 is 0 Å². The maximum absolute atomic E-state index is 4.72. The number of benzene rings is 1. The second-order valence-corrected chi connectivity index (χ2v) is 5.06. The molecular formula is C15H21N. The van der Waals surface area contributed by atoms with E-state index in [4.69, 9.17) is 4.99 Å². The number of hydrogen-bond donors (Lipinski definition) is 0. The molecule has 0 amide bonds. The van der Waals surface area contributed by atoms with Gasteiger partial charge in [0.15, 0.2) is 0 Å². The molecule has 0 spiro atoms. The fourth-order valence-electron chi connectivity index (χ4n) is 2.18. The predicted molar refractivity (Wildman–Crippen MR) is 70.8 cm³/mol. The maximum Gasteiger partial charge on any atom is 0.0664 e. The van der Waals surface area contributed by atoms with Crippen LogP contribution in [0.5, 0.6) is 0 Å². The van der Waals surface area contributed by atoms with Crippen molar-refractivity contribution in [2.75, 3.05) is 0 Å². The molecule has 0 saturated heterocycles. The van der Waals surface area contributed by atoms with Crippen LogP contribution in [-0.2, 0) is 6.42 Å². The first kappa shape index (κ1) is 11.4. The normalized spacial score (nSPS) is 21.2. The van der Waals surface area contributed by atoms with Crippen molar-refractivity contribution in [3.8, 4) is 0 Å². The van der Waals surface area contributed by atoms with Gasteiger partial charge in [0.2, 0.25) is 0 Å². The molecule has 2 rings (SSSR count). The van der Waals surface area contributed by atoms with Gasteiger partial charge in [0.25, 0.3) is 0 Å². The SMILES string of the molecule is CCC(C)c1ccc2c(c1)N=C(C)C(C)C2. The van der Waals surface area contributed by atoms with Crippen LogP contribution in [0.15, 0.2) is 23.2 Å². The van der Waals surface area contributed by atoms with Gasteiger partial charge in [0, 0.05) is 5.71 Å². The van der Waals surface area contributed by atoms with Gasteiger partial charge >= 0.3 is 0 Å². The van der Waals surface area contributed by atoms with Crippen LogP contribution in [0.1, 0.15) is 51.2 Å². The lowest BCUT2D eigenvalue weighted by atomic mass is 9.90. The fraction of sp³-hybridized carbons (Fsp3) is 0.533. The molecule has 86 valence electrons. The van der Waals surface area contributed by atoms with Crippen molar-refractivity contribution in [2.45, 2.75) is 46.5 Å². The lowest BCUT2D eigenvalue weighted by molar-refractivity contribution is 0.725. The summed E-state index contributed by atoms with van der Waals surface area (Å²) >= 11 is 0. The Kier molecular flexibility index (Phi) is 3.13. The summed E-state index contributed by atoms with van der Waals surface area (Å²) < 4.78 is 0. The molecule has 0 saturated carbocycles. The molecule has 2 atom stereocenters. The van der Waals surface area contributed by atoms with Gasteiger partial charge in [-0.05, 0) is 48.8 Å². The molecule has 1 nitrogen and oxygen atoms in total. The van der Waals surface area contributed by atoms with E-state index in [0.717, 1.165) is 6.42 Å². The molecule has 1 aromatic carbocycles. The number of rotatable bonds is 2. The van der Waals surface area contributed by atoms with Crippen molar-refractivity contribution in [3.63, 3.8) is 0 Å². The van der Waals surface area contributed by atoms with Gasteiger partial charge in [-0.25, -0.2) is 0 Å². The van der Waals surface area contributed by atoms with Crippen LogP contribution >= 0.6 is 0 Å². The first-order chi connectivity index (χ1) is 7.61. The molecule has 1 heteroatoms. The Morgan fingerprint density at radius 3 is 2.88 bits per heavy atom.